The van der Waals surface area contributed by atoms with Crippen LogP contribution < -0.4 is 0 Å². The Hall–Kier alpha value is -0.620. The van der Waals surface area contributed by atoms with Gasteiger partial charge in [0.1, 0.15) is 5.25 Å². The monoisotopic (exact) mass is 314 g/mol. The molecule has 2 aliphatic carbocycles. The van der Waals surface area contributed by atoms with Gasteiger partial charge in [-0.15, -0.1) is 0 Å². The number of fused-ring (bicyclic) bond motifs is 2. The van der Waals surface area contributed by atoms with E-state index in [1.807, 2.05) is 0 Å². The molecule has 120 valence electrons. The summed E-state index contributed by atoms with van der Waals surface area (Å²) in [7, 11) is -3.41. The van der Waals surface area contributed by atoms with Crippen molar-refractivity contribution in [2.24, 2.45) is 28.3 Å². The maximum absolute atomic E-state index is 13.1. The lowest BCUT2D eigenvalue weighted by atomic mass is 9.69. The molecule has 3 aliphatic rings. The number of hydrogen-bond acceptors (Lipinski definition) is 4. The van der Waals surface area contributed by atoms with Gasteiger partial charge in [0.05, 0.1) is 5.71 Å². The topological polar surface area (TPSA) is 70.0 Å². The fourth-order valence-electron chi connectivity index (χ4n) is 4.72. The lowest BCUT2D eigenvalue weighted by Gasteiger charge is -2.42. The van der Waals surface area contributed by atoms with E-state index in [0.29, 0.717) is 24.7 Å². The zero-order valence-corrected chi connectivity index (χ0v) is 13.9. The predicted octanol–water partition coefficient (Wildman–Crippen LogP) is 2.31. The third-order valence-corrected chi connectivity index (χ3v) is 8.69. The van der Waals surface area contributed by atoms with Crippen molar-refractivity contribution in [3.05, 3.63) is 0 Å². The normalized spacial score (nSPS) is 41.8. The number of rotatable bonds is 2. The van der Waals surface area contributed by atoms with E-state index in [0.717, 1.165) is 25.7 Å². The van der Waals surface area contributed by atoms with Gasteiger partial charge >= 0.3 is 0 Å². The summed E-state index contributed by atoms with van der Waals surface area (Å²) in [5.41, 5.74) is 0.490. The van der Waals surface area contributed by atoms with Gasteiger partial charge in [0.15, 0.2) is 0 Å². The molecular formula is C15H26N2O3S. The molecule has 3 rings (SSSR count). The molecule has 2 saturated carbocycles. The van der Waals surface area contributed by atoms with Crippen LogP contribution in [0.15, 0.2) is 5.16 Å². The Kier molecular flexibility index (Phi) is 3.60. The fraction of sp³-hybridized carbons (Fsp3) is 0.933. The average Bonchev–Trinajstić information content (AvgIpc) is 2.96. The molecule has 1 saturated heterocycles. The molecule has 0 amide bonds. The second kappa shape index (κ2) is 4.95. The van der Waals surface area contributed by atoms with Crippen LogP contribution in [-0.2, 0) is 10.0 Å². The van der Waals surface area contributed by atoms with Gasteiger partial charge in [-0.25, -0.2) is 12.7 Å². The molecule has 0 spiro atoms. The van der Waals surface area contributed by atoms with Gasteiger partial charge in [-0.05, 0) is 36.5 Å². The highest BCUT2D eigenvalue weighted by molar-refractivity contribution is 7.90. The lowest BCUT2D eigenvalue weighted by molar-refractivity contribution is 0.177. The van der Waals surface area contributed by atoms with Gasteiger partial charge in [0.2, 0.25) is 10.0 Å². The summed E-state index contributed by atoms with van der Waals surface area (Å²) >= 11 is 0. The molecule has 0 aromatic heterocycles. The number of hydrogen-bond donors (Lipinski definition) is 1. The second-order valence-corrected chi connectivity index (χ2v) is 9.56. The zero-order chi connectivity index (χ0) is 15.4. The zero-order valence-electron chi connectivity index (χ0n) is 13.1. The Labute approximate surface area is 127 Å². The van der Waals surface area contributed by atoms with Crippen molar-refractivity contribution in [2.75, 3.05) is 13.1 Å². The molecule has 1 aliphatic heterocycles. The highest BCUT2D eigenvalue weighted by atomic mass is 32.2. The molecule has 0 radical (unpaired) electrons. The van der Waals surface area contributed by atoms with Gasteiger partial charge < -0.3 is 5.21 Å². The second-order valence-electron chi connectivity index (χ2n) is 7.51. The molecule has 4 atom stereocenters. The fourth-order valence-corrected chi connectivity index (χ4v) is 7.21. The largest absolute Gasteiger partial charge is 0.411 e. The molecule has 6 heteroatoms. The van der Waals surface area contributed by atoms with Crippen molar-refractivity contribution in [3.63, 3.8) is 0 Å². The molecule has 4 unspecified atom stereocenters. The predicted molar refractivity (Wildman–Crippen MR) is 81.9 cm³/mol. The van der Waals surface area contributed by atoms with E-state index in [9.17, 15) is 13.6 Å². The maximum atomic E-state index is 13.1. The summed E-state index contributed by atoms with van der Waals surface area (Å²) in [6.07, 6.45) is 3.81. The summed E-state index contributed by atoms with van der Waals surface area (Å²) in [4.78, 5) is 0. The molecule has 5 nitrogen and oxygen atoms in total. The summed E-state index contributed by atoms with van der Waals surface area (Å²) in [6, 6.07) is 0. The first-order valence-corrected chi connectivity index (χ1v) is 9.53. The molecule has 1 heterocycles. The summed E-state index contributed by atoms with van der Waals surface area (Å²) in [6.45, 7) is 7.71. The minimum Gasteiger partial charge on any atom is -0.411 e. The number of sulfonamides is 1. The first kappa shape index (κ1) is 15.3. The van der Waals surface area contributed by atoms with E-state index in [2.05, 4.69) is 25.9 Å². The smallest absolute Gasteiger partial charge is 0.222 e. The SMILES string of the molecule is CC1C2CC(C(S(=O)(=O)N3CCCCC3)/C2=N/O)C1(C)C. The Morgan fingerprint density at radius 3 is 2.43 bits per heavy atom. The van der Waals surface area contributed by atoms with Crippen LogP contribution in [0, 0.1) is 23.2 Å². The first-order valence-electron chi connectivity index (χ1n) is 8.02. The highest BCUT2D eigenvalue weighted by Gasteiger charge is 2.63. The van der Waals surface area contributed by atoms with E-state index >= 15 is 0 Å². The molecule has 0 aromatic rings. The summed E-state index contributed by atoms with van der Waals surface area (Å²) in [5.74, 6) is 0.538. The number of piperidine rings is 1. The standard InChI is InChI=1S/C15H26N2O3S/c1-10-11-9-12(15(10,2)3)14(13(11)16-18)21(19,20)17-7-5-4-6-8-17/h10-12,14,18H,4-9H2,1-3H3/b16-13+. The molecule has 21 heavy (non-hydrogen) atoms. The Balaban J connectivity index is 1.97. The molecule has 1 N–H and O–H groups in total. The van der Waals surface area contributed by atoms with Crippen molar-refractivity contribution in [1.82, 2.24) is 4.31 Å². The first-order chi connectivity index (χ1) is 9.81. The van der Waals surface area contributed by atoms with Crippen molar-refractivity contribution in [1.29, 1.82) is 0 Å². The minimum atomic E-state index is -3.41. The highest BCUT2D eigenvalue weighted by Crippen LogP contribution is 2.59. The van der Waals surface area contributed by atoms with Crippen molar-refractivity contribution in [3.8, 4) is 0 Å². The van der Waals surface area contributed by atoms with E-state index < -0.39 is 15.3 Å². The van der Waals surface area contributed by atoms with Crippen LogP contribution in [0.3, 0.4) is 0 Å². The van der Waals surface area contributed by atoms with E-state index in [-0.39, 0.29) is 17.3 Å². The Morgan fingerprint density at radius 2 is 1.86 bits per heavy atom. The third kappa shape index (κ3) is 2.05. The van der Waals surface area contributed by atoms with Crippen LogP contribution in [0.5, 0.6) is 0 Å². The van der Waals surface area contributed by atoms with Gasteiger partial charge in [-0.2, -0.15) is 0 Å². The molecule has 3 fully saturated rings. The quantitative estimate of drug-likeness (QED) is 0.628. The van der Waals surface area contributed by atoms with E-state index in [1.54, 1.807) is 4.31 Å². The summed E-state index contributed by atoms with van der Waals surface area (Å²) in [5, 5.41) is 12.2. The van der Waals surface area contributed by atoms with Gasteiger partial charge in [0, 0.05) is 19.0 Å². The van der Waals surface area contributed by atoms with E-state index in [4.69, 9.17) is 0 Å². The van der Waals surface area contributed by atoms with Crippen molar-refractivity contribution in [2.45, 2.75) is 51.7 Å². The minimum absolute atomic E-state index is 0.0214. The van der Waals surface area contributed by atoms with Crippen LogP contribution in [0.4, 0.5) is 0 Å². The number of oxime groups is 1. The summed E-state index contributed by atoms with van der Waals surface area (Å²) < 4.78 is 27.8. The van der Waals surface area contributed by atoms with Gasteiger partial charge in [-0.3, -0.25) is 0 Å². The van der Waals surface area contributed by atoms with Crippen LogP contribution >= 0.6 is 0 Å². The Bertz CT molecular complexity index is 549. The maximum Gasteiger partial charge on any atom is 0.222 e. The van der Waals surface area contributed by atoms with Crippen molar-refractivity contribution < 1.29 is 13.6 Å². The van der Waals surface area contributed by atoms with Gasteiger partial charge in [-0.1, -0.05) is 32.3 Å². The molecular weight excluding hydrogens is 288 g/mol. The molecule has 2 bridgehead atoms. The average molecular weight is 314 g/mol. The molecule has 0 aromatic carbocycles. The van der Waals surface area contributed by atoms with Crippen LogP contribution in [0.1, 0.15) is 46.5 Å². The number of nitrogens with zero attached hydrogens (tertiary/aromatic N) is 2. The van der Waals surface area contributed by atoms with Crippen LogP contribution in [0.2, 0.25) is 0 Å². The van der Waals surface area contributed by atoms with E-state index in [1.165, 1.54) is 0 Å². The van der Waals surface area contributed by atoms with Crippen molar-refractivity contribution >= 4 is 15.7 Å². The lowest BCUT2D eigenvalue weighted by Crippen LogP contribution is -2.52. The van der Waals surface area contributed by atoms with Crippen LogP contribution in [0.25, 0.3) is 0 Å². The van der Waals surface area contributed by atoms with Gasteiger partial charge in [0.25, 0.3) is 0 Å². The Morgan fingerprint density at radius 1 is 1.24 bits per heavy atom. The third-order valence-electron chi connectivity index (χ3n) is 6.39. The van der Waals surface area contributed by atoms with Crippen LogP contribution in [-0.4, -0.2) is 42.0 Å².